The monoisotopic (exact) mass is 307 g/mol. The lowest BCUT2D eigenvalue weighted by atomic mass is 10.1. The van der Waals surface area contributed by atoms with Crippen molar-refractivity contribution in [3.8, 4) is 0 Å². The van der Waals surface area contributed by atoms with Gasteiger partial charge in [-0.1, -0.05) is 18.2 Å². The molecule has 21 heavy (non-hydrogen) atoms. The van der Waals surface area contributed by atoms with Crippen molar-refractivity contribution in [3.05, 3.63) is 30.3 Å². The van der Waals surface area contributed by atoms with Crippen LogP contribution < -0.4 is 4.90 Å². The van der Waals surface area contributed by atoms with Crippen LogP contribution in [0, 0.1) is 0 Å². The molecule has 0 aliphatic heterocycles. The van der Waals surface area contributed by atoms with Gasteiger partial charge in [0.1, 0.15) is 0 Å². The predicted molar refractivity (Wildman–Crippen MR) is 62.1 cm³/mol. The van der Waals surface area contributed by atoms with Crippen LogP contribution in [0.3, 0.4) is 0 Å². The quantitative estimate of drug-likeness (QED) is 0.862. The average molecular weight is 307 g/mol. The van der Waals surface area contributed by atoms with Crippen LogP contribution in [0.5, 0.6) is 0 Å². The molecule has 0 heterocycles. The van der Waals surface area contributed by atoms with E-state index in [4.69, 9.17) is 5.11 Å². The summed E-state index contributed by atoms with van der Waals surface area (Å²) in [6, 6.07) is 6.14. The number of rotatable bonds is 4. The van der Waals surface area contributed by atoms with Crippen molar-refractivity contribution in [2.45, 2.75) is 18.8 Å². The van der Waals surface area contributed by atoms with Crippen LogP contribution in [-0.2, 0) is 14.4 Å². The highest BCUT2D eigenvalue weighted by Gasteiger charge is 2.69. The standard InChI is InChI=1S/C12H9F4NO4/c1-7(18)17(8-5-3-2-4-6-8)9(19)11(13,14)12(15,16)10(20)21/h2-6H,1H3,(H,20,21). The minimum absolute atomic E-state index is 0.198. The fourth-order valence-corrected chi connectivity index (χ4v) is 1.43. The number of anilines is 1. The van der Waals surface area contributed by atoms with Crippen LogP contribution in [0.15, 0.2) is 30.3 Å². The number of hydrogen-bond acceptors (Lipinski definition) is 3. The van der Waals surface area contributed by atoms with Crippen LogP contribution >= 0.6 is 0 Å². The summed E-state index contributed by atoms with van der Waals surface area (Å²) in [6.07, 6.45) is 0. The van der Waals surface area contributed by atoms with E-state index in [-0.39, 0.29) is 10.6 Å². The molecule has 0 aromatic heterocycles. The van der Waals surface area contributed by atoms with Crippen molar-refractivity contribution >= 4 is 23.5 Å². The van der Waals surface area contributed by atoms with Gasteiger partial charge in [0.15, 0.2) is 0 Å². The van der Waals surface area contributed by atoms with Crippen LogP contribution in [0.25, 0.3) is 0 Å². The van der Waals surface area contributed by atoms with Gasteiger partial charge in [0.2, 0.25) is 5.91 Å². The van der Waals surface area contributed by atoms with Crippen molar-refractivity contribution < 1.29 is 37.1 Å². The maximum atomic E-state index is 13.5. The highest BCUT2D eigenvalue weighted by atomic mass is 19.3. The molecule has 0 aliphatic carbocycles. The van der Waals surface area contributed by atoms with E-state index in [1.54, 1.807) is 0 Å². The van der Waals surface area contributed by atoms with Gasteiger partial charge >= 0.3 is 23.7 Å². The second-order valence-electron chi connectivity index (χ2n) is 3.95. The van der Waals surface area contributed by atoms with Gasteiger partial charge in [-0.25, -0.2) is 9.69 Å². The molecular weight excluding hydrogens is 298 g/mol. The molecule has 114 valence electrons. The number of carboxylic acid groups (broad SMARTS) is 1. The smallest absolute Gasteiger partial charge is 0.413 e. The van der Waals surface area contributed by atoms with E-state index in [2.05, 4.69) is 0 Å². The number of amides is 2. The number of carbonyl (C=O) groups is 3. The maximum absolute atomic E-state index is 13.5. The molecule has 1 rings (SSSR count). The summed E-state index contributed by atoms with van der Waals surface area (Å²) in [4.78, 5) is 32.9. The first kappa shape index (κ1) is 16.6. The number of carboxylic acids is 1. The fourth-order valence-electron chi connectivity index (χ4n) is 1.43. The Morgan fingerprint density at radius 2 is 1.48 bits per heavy atom. The third-order valence-corrected chi connectivity index (χ3v) is 2.46. The lowest BCUT2D eigenvalue weighted by molar-refractivity contribution is -0.220. The summed E-state index contributed by atoms with van der Waals surface area (Å²) in [5.41, 5.74) is -0.379. The van der Waals surface area contributed by atoms with Gasteiger partial charge < -0.3 is 5.11 Å². The maximum Gasteiger partial charge on any atom is 0.413 e. The van der Waals surface area contributed by atoms with Crippen LogP contribution in [-0.4, -0.2) is 34.7 Å². The van der Waals surface area contributed by atoms with Gasteiger partial charge in [-0.2, -0.15) is 17.6 Å². The minimum atomic E-state index is -5.65. The molecular formula is C12H9F4NO4. The Labute approximate surface area is 115 Å². The highest BCUT2D eigenvalue weighted by Crippen LogP contribution is 2.37. The van der Waals surface area contributed by atoms with Crippen LogP contribution in [0.1, 0.15) is 6.92 Å². The number of halogens is 4. The van der Waals surface area contributed by atoms with E-state index in [1.807, 2.05) is 0 Å². The van der Waals surface area contributed by atoms with Gasteiger partial charge in [-0.3, -0.25) is 9.59 Å². The number of hydrogen-bond donors (Lipinski definition) is 1. The SMILES string of the molecule is CC(=O)N(C(=O)C(F)(F)C(F)(F)C(=O)O)c1ccccc1. The van der Waals surface area contributed by atoms with Crippen molar-refractivity contribution in [3.63, 3.8) is 0 Å². The van der Waals surface area contributed by atoms with Crippen molar-refractivity contribution in [1.82, 2.24) is 0 Å². The average Bonchev–Trinajstić information content (AvgIpc) is 2.39. The lowest BCUT2D eigenvalue weighted by Crippen LogP contribution is -2.58. The van der Waals surface area contributed by atoms with Gasteiger partial charge in [-0.05, 0) is 12.1 Å². The van der Waals surface area contributed by atoms with Crippen LogP contribution in [0.4, 0.5) is 23.2 Å². The summed E-state index contributed by atoms with van der Waals surface area (Å²) in [7, 11) is 0. The second kappa shape index (κ2) is 5.51. The molecule has 2 amide bonds. The summed E-state index contributed by atoms with van der Waals surface area (Å²) >= 11 is 0. The minimum Gasteiger partial charge on any atom is -0.477 e. The zero-order valence-corrected chi connectivity index (χ0v) is 10.5. The van der Waals surface area contributed by atoms with Gasteiger partial charge in [0.05, 0.1) is 5.69 Å². The first-order chi connectivity index (χ1) is 9.53. The molecule has 0 saturated heterocycles. The number of nitrogens with zero attached hydrogens (tertiary/aromatic N) is 1. The fraction of sp³-hybridized carbons (Fsp3) is 0.250. The molecule has 1 aromatic rings. The van der Waals surface area contributed by atoms with E-state index >= 15 is 0 Å². The summed E-state index contributed by atoms with van der Waals surface area (Å²) in [6.45, 7) is 0.708. The molecule has 1 aromatic carbocycles. The number of alkyl halides is 4. The van der Waals surface area contributed by atoms with E-state index in [0.29, 0.717) is 6.92 Å². The number of benzene rings is 1. The van der Waals surface area contributed by atoms with E-state index in [9.17, 15) is 31.9 Å². The first-order valence-electron chi connectivity index (χ1n) is 5.42. The lowest BCUT2D eigenvalue weighted by Gasteiger charge is -2.27. The van der Waals surface area contributed by atoms with Crippen molar-refractivity contribution in [2.75, 3.05) is 4.90 Å². The topological polar surface area (TPSA) is 74.7 Å². The molecule has 0 spiro atoms. The number of para-hydroxylation sites is 1. The Bertz CT molecular complexity index is 574. The molecule has 5 nitrogen and oxygen atoms in total. The summed E-state index contributed by atoms with van der Waals surface area (Å²) in [5.74, 6) is -18.3. The molecule has 0 saturated carbocycles. The molecule has 1 N–H and O–H groups in total. The number of imide groups is 1. The summed E-state index contributed by atoms with van der Waals surface area (Å²) < 4.78 is 52.9. The Morgan fingerprint density at radius 3 is 1.86 bits per heavy atom. The number of aliphatic carboxylic acids is 1. The first-order valence-corrected chi connectivity index (χ1v) is 5.42. The Balaban J connectivity index is 3.31. The predicted octanol–water partition coefficient (Wildman–Crippen LogP) is 1.92. The van der Waals surface area contributed by atoms with E-state index in [1.165, 1.54) is 18.2 Å². The molecule has 0 fully saturated rings. The third kappa shape index (κ3) is 2.86. The Hall–Kier alpha value is -2.45. The third-order valence-electron chi connectivity index (χ3n) is 2.46. The molecule has 0 aliphatic rings. The molecule has 9 heteroatoms. The largest absolute Gasteiger partial charge is 0.477 e. The molecule has 0 radical (unpaired) electrons. The zero-order chi connectivity index (χ0) is 16.4. The highest BCUT2D eigenvalue weighted by molar-refractivity contribution is 6.17. The van der Waals surface area contributed by atoms with Crippen molar-refractivity contribution in [1.29, 1.82) is 0 Å². The normalized spacial score (nSPS) is 11.9. The van der Waals surface area contributed by atoms with Crippen molar-refractivity contribution in [2.24, 2.45) is 0 Å². The van der Waals surface area contributed by atoms with Gasteiger partial charge in [0.25, 0.3) is 0 Å². The molecule has 0 atom stereocenters. The van der Waals surface area contributed by atoms with Crippen LogP contribution in [0.2, 0.25) is 0 Å². The van der Waals surface area contributed by atoms with E-state index in [0.717, 1.165) is 12.1 Å². The van der Waals surface area contributed by atoms with E-state index < -0.39 is 29.6 Å². The summed E-state index contributed by atoms with van der Waals surface area (Å²) in [5, 5.41) is 8.13. The number of carbonyl (C=O) groups excluding carboxylic acids is 2. The second-order valence-corrected chi connectivity index (χ2v) is 3.95. The Kier molecular flexibility index (Phi) is 4.35. The van der Waals surface area contributed by atoms with Gasteiger partial charge in [-0.15, -0.1) is 0 Å². The van der Waals surface area contributed by atoms with Gasteiger partial charge in [0, 0.05) is 6.92 Å². The molecule has 0 unspecified atom stereocenters. The zero-order valence-electron chi connectivity index (χ0n) is 10.5. The molecule has 0 bridgehead atoms. The Morgan fingerprint density at radius 1 is 1.00 bits per heavy atom.